The van der Waals surface area contributed by atoms with E-state index in [9.17, 15) is 0 Å². The van der Waals surface area contributed by atoms with Crippen molar-refractivity contribution in [1.29, 1.82) is 0 Å². The minimum Gasteiger partial charge on any atom is -0.493 e. The van der Waals surface area contributed by atoms with Gasteiger partial charge in [0.15, 0.2) is 11.5 Å². The molecule has 0 atom stereocenters. The molecule has 0 unspecified atom stereocenters. The van der Waals surface area contributed by atoms with E-state index in [1.54, 1.807) is 32.9 Å². The van der Waals surface area contributed by atoms with Crippen molar-refractivity contribution in [2.75, 3.05) is 14.2 Å². The zero-order valence-corrected chi connectivity index (χ0v) is 13.8. The van der Waals surface area contributed by atoms with Gasteiger partial charge in [-0.15, -0.1) is 0 Å². The lowest BCUT2D eigenvalue weighted by molar-refractivity contribution is 0.356. The van der Waals surface area contributed by atoms with E-state index in [1.165, 1.54) is 0 Å². The van der Waals surface area contributed by atoms with E-state index in [1.807, 2.05) is 36.4 Å². The molecule has 0 aliphatic heterocycles. The molecular formula is C19H15N3O3. The average Bonchev–Trinajstić information content (AvgIpc) is 3.21. The molecule has 0 N–H and O–H groups in total. The Labute approximate surface area is 144 Å². The van der Waals surface area contributed by atoms with Gasteiger partial charge in [0, 0.05) is 22.6 Å². The standard InChI is InChI=1S/C19H15N3O3/c1-23-17-9-14-15(11-21-22-16(14)10-18(17)24-2)12-5-3-4-6-13(12)19-20-7-8-25-19/h3-11H,1-2H3. The van der Waals surface area contributed by atoms with Crippen molar-refractivity contribution in [2.24, 2.45) is 0 Å². The van der Waals surface area contributed by atoms with Gasteiger partial charge in [-0.25, -0.2) is 4.98 Å². The molecule has 2 aromatic heterocycles. The lowest BCUT2D eigenvalue weighted by atomic mass is 9.97. The smallest absolute Gasteiger partial charge is 0.226 e. The van der Waals surface area contributed by atoms with E-state index in [4.69, 9.17) is 13.9 Å². The summed E-state index contributed by atoms with van der Waals surface area (Å²) in [5.41, 5.74) is 3.48. The quantitative estimate of drug-likeness (QED) is 0.563. The minimum absolute atomic E-state index is 0.557. The van der Waals surface area contributed by atoms with Crippen LogP contribution >= 0.6 is 0 Å². The van der Waals surface area contributed by atoms with Crippen LogP contribution in [0.2, 0.25) is 0 Å². The van der Waals surface area contributed by atoms with Crippen LogP contribution in [0.25, 0.3) is 33.5 Å². The molecule has 4 rings (SSSR count). The summed E-state index contributed by atoms with van der Waals surface area (Å²) >= 11 is 0. The second-order valence-corrected chi connectivity index (χ2v) is 5.37. The first-order valence-corrected chi connectivity index (χ1v) is 7.68. The third-order valence-corrected chi connectivity index (χ3v) is 4.02. The van der Waals surface area contributed by atoms with Gasteiger partial charge in [-0.05, 0) is 17.7 Å². The molecule has 0 saturated heterocycles. The Morgan fingerprint density at radius 1 is 0.920 bits per heavy atom. The Morgan fingerprint density at radius 3 is 2.40 bits per heavy atom. The van der Waals surface area contributed by atoms with Gasteiger partial charge in [-0.2, -0.15) is 10.2 Å². The van der Waals surface area contributed by atoms with Crippen molar-refractivity contribution in [3.63, 3.8) is 0 Å². The number of hydrogen-bond donors (Lipinski definition) is 0. The van der Waals surface area contributed by atoms with E-state index in [2.05, 4.69) is 15.2 Å². The topological polar surface area (TPSA) is 70.3 Å². The summed E-state index contributed by atoms with van der Waals surface area (Å²) in [5, 5.41) is 9.27. The van der Waals surface area contributed by atoms with Gasteiger partial charge >= 0.3 is 0 Å². The van der Waals surface area contributed by atoms with E-state index in [0.717, 1.165) is 27.6 Å². The van der Waals surface area contributed by atoms with Crippen LogP contribution in [0.4, 0.5) is 0 Å². The molecule has 0 aliphatic carbocycles. The van der Waals surface area contributed by atoms with Crippen molar-refractivity contribution in [3.05, 3.63) is 55.1 Å². The summed E-state index contributed by atoms with van der Waals surface area (Å²) in [6.07, 6.45) is 4.92. The van der Waals surface area contributed by atoms with Crippen molar-refractivity contribution in [3.8, 4) is 34.1 Å². The van der Waals surface area contributed by atoms with E-state index < -0.39 is 0 Å². The predicted octanol–water partition coefficient (Wildman–Crippen LogP) is 3.97. The Bertz CT molecular complexity index is 1030. The van der Waals surface area contributed by atoms with Crippen LogP contribution in [0.5, 0.6) is 11.5 Å². The van der Waals surface area contributed by atoms with Crippen LogP contribution in [0.15, 0.2) is 59.5 Å². The molecule has 6 heteroatoms. The second-order valence-electron chi connectivity index (χ2n) is 5.37. The van der Waals surface area contributed by atoms with Crippen molar-refractivity contribution >= 4 is 10.9 Å². The fourth-order valence-electron chi connectivity index (χ4n) is 2.86. The third kappa shape index (κ3) is 2.57. The van der Waals surface area contributed by atoms with Gasteiger partial charge in [-0.1, -0.05) is 18.2 Å². The number of methoxy groups -OCH3 is 2. The maximum absolute atomic E-state index is 5.48. The zero-order chi connectivity index (χ0) is 17.2. The van der Waals surface area contributed by atoms with Crippen LogP contribution < -0.4 is 9.47 Å². The number of benzene rings is 2. The Hall–Kier alpha value is -3.41. The molecule has 0 spiro atoms. The first kappa shape index (κ1) is 15.1. The fourth-order valence-corrected chi connectivity index (χ4v) is 2.86. The van der Waals surface area contributed by atoms with E-state index >= 15 is 0 Å². The summed E-state index contributed by atoms with van der Waals surface area (Å²) in [6.45, 7) is 0. The van der Waals surface area contributed by atoms with Crippen LogP contribution in [0.3, 0.4) is 0 Å². The number of ether oxygens (including phenoxy) is 2. The molecule has 2 heterocycles. The van der Waals surface area contributed by atoms with Gasteiger partial charge in [0.2, 0.25) is 5.89 Å². The lowest BCUT2D eigenvalue weighted by Crippen LogP contribution is -1.95. The molecule has 0 aliphatic rings. The SMILES string of the molecule is COc1cc2nncc(-c3ccccc3-c3ncco3)c2cc1OC. The third-order valence-electron chi connectivity index (χ3n) is 4.02. The average molecular weight is 333 g/mol. The predicted molar refractivity (Wildman–Crippen MR) is 93.6 cm³/mol. The number of hydrogen-bond acceptors (Lipinski definition) is 6. The number of rotatable bonds is 4. The molecule has 6 nitrogen and oxygen atoms in total. The number of fused-ring (bicyclic) bond motifs is 1. The van der Waals surface area contributed by atoms with E-state index in [0.29, 0.717) is 17.4 Å². The van der Waals surface area contributed by atoms with Crippen LogP contribution in [-0.4, -0.2) is 29.4 Å². The first-order chi connectivity index (χ1) is 12.3. The maximum atomic E-state index is 5.48. The summed E-state index contributed by atoms with van der Waals surface area (Å²) in [7, 11) is 3.21. The molecule has 0 fully saturated rings. The number of aromatic nitrogens is 3. The monoisotopic (exact) mass is 333 g/mol. The highest BCUT2D eigenvalue weighted by molar-refractivity contribution is 5.98. The van der Waals surface area contributed by atoms with Gasteiger partial charge in [0.05, 0.1) is 32.1 Å². The Balaban J connectivity index is 2.00. The molecule has 0 radical (unpaired) electrons. The van der Waals surface area contributed by atoms with E-state index in [-0.39, 0.29) is 0 Å². The fraction of sp³-hybridized carbons (Fsp3) is 0.105. The lowest BCUT2D eigenvalue weighted by Gasteiger charge is -2.12. The van der Waals surface area contributed by atoms with Crippen LogP contribution in [0.1, 0.15) is 0 Å². The molecule has 0 amide bonds. The van der Waals surface area contributed by atoms with Crippen molar-refractivity contribution < 1.29 is 13.9 Å². The molecule has 124 valence electrons. The van der Waals surface area contributed by atoms with Gasteiger partial charge < -0.3 is 13.9 Å². The molecule has 0 saturated carbocycles. The largest absolute Gasteiger partial charge is 0.493 e. The van der Waals surface area contributed by atoms with Gasteiger partial charge in [0.1, 0.15) is 6.26 Å². The molecule has 0 bridgehead atoms. The maximum Gasteiger partial charge on any atom is 0.226 e. The molecule has 4 aromatic rings. The highest BCUT2D eigenvalue weighted by atomic mass is 16.5. The number of oxazole rings is 1. The van der Waals surface area contributed by atoms with Gasteiger partial charge in [-0.3, -0.25) is 0 Å². The highest BCUT2D eigenvalue weighted by Gasteiger charge is 2.16. The number of nitrogens with zero attached hydrogens (tertiary/aromatic N) is 3. The summed E-state index contributed by atoms with van der Waals surface area (Å²) in [4.78, 5) is 4.27. The second kappa shape index (κ2) is 6.24. The minimum atomic E-state index is 0.557. The highest BCUT2D eigenvalue weighted by Crippen LogP contribution is 2.38. The van der Waals surface area contributed by atoms with Gasteiger partial charge in [0.25, 0.3) is 0 Å². The summed E-state index contributed by atoms with van der Waals surface area (Å²) in [6, 6.07) is 11.6. The zero-order valence-electron chi connectivity index (χ0n) is 13.8. The first-order valence-electron chi connectivity index (χ1n) is 7.68. The molecular weight excluding hydrogens is 318 g/mol. The molecule has 2 aromatic carbocycles. The summed E-state index contributed by atoms with van der Waals surface area (Å²) in [5.74, 6) is 1.81. The van der Waals surface area contributed by atoms with Crippen molar-refractivity contribution in [1.82, 2.24) is 15.2 Å². The Morgan fingerprint density at radius 2 is 1.68 bits per heavy atom. The Kier molecular flexibility index (Phi) is 3.78. The molecule has 25 heavy (non-hydrogen) atoms. The van der Waals surface area contributed by atoms with Crippen LogP contribution in [-0.2, 0) is 0 Å². The normalized spacial score (nSPS) is 10.8. The summed E-state index contributed by atoms with van der Waals surface area (Å²) < 4.78 is 16.3. The van der Waals surface area contributed by atoms with Crippen LogP contribution in [0, 0.1) is 0 Å². The van der Waals surface area contributed by atoms with Crippen molar-refractivity contribution in [2.45, 2.75) is 0 Å².